The summed E-state index contributed by atoms with van der Waals surface area (Å²) in [6, 6.07) is 7.06. The first-order valence-corrected chi connectivity index (χ1v) is 11.0. The van der Waals surface area contributed by atoms with E-state index >= 15 is 0 Å². The Labute approximate surface area is 167 Å². The van der Waals surface area contributed by atoms with Crippen molar-refractivity contribution in [3.05, 3.63) is 34.9 Å². The van der Waals surface area contributed by atoms with Crippen LogP contribution in [0.4, 0.5) is 0 Å². The Hall–Kier alpha value is -1.31. The van der Waals surface area contributed by atoms with Crippen molar-refractivity contribution < 1.29 is 9.53 Å². The first-order chi connectivity index (χ1) is 12.8. The molecule has 0 unspecified atom stereocenters. The Morgan fingerprint density at radius 3 is 2.37 bits per heavy atom. The molecule has 0 radical (unpaired) electrons. The van der Waals surface area contributed by atoms with Gasteiger partial charge in [-0.25, -0.2) is 0 Å². The van der Waals surface area contributed by atoms with Crippen LogP contribution in [-0.4, -0.2) is 12.1 Å². The number of hydrogen-bond acceptors (Lipinski definition) is 2. The fraction of sp³-hybridized carbons (Fsp3) is 0.720. The summed E-state index contributed by atoms with van der Waals surface area (Å²) in [4.78, 5) is 10.5. The maximum atomic E-state index is 10.5. The van der Waals surface area contributed by atoms with Crippen LogP contribution in [0.5, 0.6) is 0 Å². The lowest BCUT2D eigenvalue weighted by Crippen LogP contribution is -2.12. The molecule has 1 fully saturated rings. The van der Waals surface area contributed by atoms with E-state index in [1.807, 2.05) is 0 Å². The van der Waals surface area contributed by atoms with Gasteiger partial charge in [0.2, 0.25) is 0 Å². The molecule has 0 heterocycles. The van der Waals surface area contributed by atoms with Crippen molar-refractivity contribution in [3.63, 3.8) is 0 Å². The molecule has 1 aromatic carbocycles. The summed E-state index contributed by atoms with van der Waals surface area (Å²) in [5.74, 6) is 0. The number of unbranched alkanes of at least 4 members (excludes halogenated alkanes) is 4. The Balaban J connectivity index is 1.66. The smallest absolute Gasteiger partial charge is 0.293 e. The molecule has 2 nitrogen and oxygen atoms in total. The molecule has 1 aliphatic rings. The van der Waals surface area contributed by atoms with Gasteiger partial charge in [0.15, 0.2) is 0 Å². The van der Waals surface area contributed by atoms with Crippen LogP contribution < -0.4 is 0 Å². The van der Waals surface area contributed by atoms with E-state index in [-0.39, 0.29) is 5.60 Å². The van der Waals surface area contributed by atoms with Crippen molar-refractivity contribution >= 4 is 6.47 Å². The van der Waals surface area contributed by atoms with Crippen LogP contribution in [0.15, 0.2) is 18.2 Å². The van der Waals surface area contributed by atoms with E-state index in [0.29, 0.717) is 11.9 Å². The van der Waals surface area contributed by atoms with E-state index in [4.69, 9.17) is 4.74 Å². The molecule has 0 aliphatic heterocycles. The van der Waals surface area contributed by atoms with E-state index in [0.717, 1.165) is 19.3 Å². The van der Waals surface area contributed by atoms with Gasteiger partial charge in [-0.15, -0.1) is 0 Å². The van der Waals surface area contributed by atoms with E-state index < -0.39 is 0 Å². The van der Waals surface area contributed by atoms with Crippen molar-refractivity contribution in [3.8, 4) is 0 Å². The highest BCUT2D eigenvalue weighted by molar-refractivity contribution is 5.39. The minimum Gasteiger partial charge on any atom is -0.461 e. The number of benzene rings is 1. The molecule has 0 spiro atoms. The molecule has 1 saturated carbocycles. The van der Waals surface area contributed by atoms with Crippen LogP contribution in [0.1, 0.15) is 102 Å². The molecular weight excluding hydrogens is 332 g/mol. The Morgan fingerprint density at radius 1 is 1.00 bits per heavy atom. The molecule has 0 atom stereocenters. The average Bonchev–Trinajstić information content (AvgIpc) is 3.35. The highest BCUT2D eigenvalue weighted by Gasteiger charge is 2.44. The number of carbonyl (C=O) groups is 1. The highest BCUT2D eigenvalue weighted by atomic mass is 16.5. The lowest BCUT2D eigenvalue weighted by atomic mass is 9.89. The first-order valence-electron chi connectivity index (χ1n) is 11.0. The maximum absolute atomic E-state index is 10.5. The second-order valence-corrected chi connectivity index (χ2v) is 9.84. The molecule has 27 heavy (non-hydrogen) atoms. The van der Waals surface area contributed by atoms with E-state index in [2.05, 4.69) is 45.9 Å². The molecule has 1 aliphatic carbocycles. The molecule has 0 amide bonds. The van der Waals surface area contributed by atoms with Crippen molar-refractivity contribution in [1.29, 1.82) is 0 Å². The fourth-order valence-corrected chi connectivity index (χ4v) is 3.92. The summed E-state index contributed by atoms with van der Waals surface area (Å²) >= 11 is 0. The van der Waals surface area contributed by atoms with Gasteiger partial charge in [0.05, 0.1) is 0 Å². The minimum atomic E-state index is -0.0788. The van der Waals surface area contributed by atoms with Crippen molar-refractivity contribution in [2.75, 3.05) is 0 Å². The summed E-state index contributed by atoms with van der Waals surface area (Å²) in [7, 11) is 0. The molecule has 0 aromatic heterocycles. The summed E-state index contributed by atoms with van der Waals surface area (Å²) in [5, 5.41) is 0. The second-order valence-electron chi connectivity index (χ2n) is 9.84. The van der Waals surface area contributed by atoms with Crippen LogP contribution in [0.3, 0.4) is 0 Å². The molecule has 1 aromatic rings. The van der Waals surface area contributed by atoms with Gasteiger partial charge in [0.25, 0.3) is 6.47 Å². The largest absolute Gasteiger partial charge is 0.461 e. The van der Waals surface area contributed by atoms with Crippen molar-refractivity contribution in [1.82, 2.24) is 0 Å². The van der Waals surface area contributed by atoms with Gasteiger partial charge in [-0.3, -0.25) is 4.79 Å². The van der Waals surface area contributed by atoms with Crippen LogP contribution >= 0.6 is 0 Å². The van der Waals surface area contributed by atoms with Crippen LogP contribution in [-0.2, 0) is 22.4 Å². The Morgan fingerprint density at radius 2 is 1.70 bits per heavy atom. The summed E-state index contributed by atoms with van der Waals surface area (Å²) in [5.41, 5.74) is 4.84. The first kappa shape index (κ1) is 22.0. The number of ether oxygens (including phenoxy) is 1. The van der Waals surface area contributed by atoms with Gasteiger partial charge in [-0.2, -0.15) is 0 Å². The van der Waals surface area contributed by atoms with Crippen LogP contribution in [0.2, 0.25) is 0 Å². The SMILES string of the molecule is Cc1ccc(CCCCCC(C)(C)C)cc1CCCCCC1(OC=O)CC1. The molecule has 2 rings (SSSR count). The zero-order valence-corrected chi connectivity index (χ0v) is 18.1. The zero-order chi connectivity index (χ0) is 19.8. The summed E-state index contributed by atoms with van der Waals surface area (Å²) in [6.07, 6.45) is 14.5. The zero-order valence-electron chi connectivity index (χ0n) is 18.1. The standard InChI is InChI=1S/C25H40O2/c1-21-13-14-22(11-7-5-9-15-24(2,3)4)19-23(21)12-8-6-10-16-25(17-18-25)27-20-26/h13-14,19-20H,5-12,15-18H2,1-4H3. The van der Waals surface area contributed by atoms with Gasteiger partial charge in [-0.1, -0.05) is 58.2 Å². The highest BCUT2D eigenvalue weighted by Crippen LogP contribution is 2.43. The van der Waals surface area contributed by atoms with E-state index in [1.54, 1.807) is 0 Å². The predicted molar refractivity (Wildman–Crippen MR) is 114 cm³/mol. The lowest BCUT2D eigenvalue weighted by Gasteiger charge is -2.17. The van der Waals surface area contributed by atoms with Gasteiger partial charge in [0, 0.05) is 0 Å². The Kier molecular flexibility index (Phi) is 8.38. The third kappa shape index (κ3) is 8.49. The number of rotatable bonds is 13. The lowest BCUT2D eigenvalue weighted by molar-refractivity contribution is -0.135. The molecule has 0 N–H and O–H groups in total. The maximum Gasteiger partial charge on any atom is 0.293 e. The average molecular weight is 373 g/mol. The van der Waals surface area contributed by atoms with Crippen molar-refractivity contribution in [2.45, 2.75) is 110 Å². The third-order valence-electron chi connectivity index (χ3n) is 5.99. The van der Waals surface area contributed by atoms with Gasteiger partial charge in [-0.05, 0) is 86.8 Å². The van der Waals surface area contributed by atoms with Crippen LogP contribution in [0.25, 0.3) is 0 Å². The molecule has 152 valence electrons. The number of carbonyl (C=O) groups excluding carboxylic acids is 1. The fourth-order valence-electron chi connectivity index (χ4n) is 3.92. The third-order valence-corrected chi connectivity index (χ3v) is 5.99. The topological polar surface area (TPSA) is 26.3 Å². The number of hydrogen-bond donors (Lipinski definition) is 0. The van der Waals surface area contributed by atoms with E-state index in [9.17, 15) is 4.79 Å². The number of aryl methyl sites for hydroxylation is 3. The molecule has 0 bridgehead atoms. The molecule has 0 saturated heterocycles. The van der Waals surface area contributed by atoms with E-state index in [1.165, 1.54) is 74.5 Å². The summed E-state index contributed by atoms with van der Waals surface area (Å²) < 4.78 is 5.23. The molecular formula is C25H40O2. The van der Waals surface area contributed by atoms with Gasteiger partial charge >= 0.3 is 0 Å². The quantitative estimate of drug-likeness (QED) is 0.276. The van der Waals surface area contributed by atoms with Gasteiger partial charge < -0.3 is 4.74 Å². The second kappa shape index (κ2) is 10.3. The summed E-state index contributed by atoms with van der Waals surface area (Å²) in [6.45, 7) is 9.86. The van der Waals surface area contributed by atoms with Crippen LogP contribution in [0, 0.1) is 12.3 Å². The predicted octanol–water partition coefficient (Wildman–Crippen LogP) is 6.95. The Bertz CT molecular complexity index is 578. The minimum absolute atomic E-state index is 0.0788. The van der Waals surface area contributed by atoms with Crippen molar-refractivity contribution in [2.24, 2.45) is 5.41 Å². The monoisotopic (exact) mass is 372 g/mol. The normalized spacial score (nSPS) is 15.6. The molecule has 2 heteroatoms. The van der Waals surface area contributed by atoms with Gasteiger partial charge in [0.1, 0.15) is 5.60 Å².